The lowest BCUT2D eigenvalue weighted by molar-refractivity contribution is 0.767. The zero-order valence-electron chi connectivity index (χ0n) is 16.0. The van der Waals surface area contributed by atoms with Gasteiger partial charge in [-0.1, -0.05) is 62.4 Å². The maximum atomic E-state index is 5.70. The summed E-state index contributed by atoms with van der Waals surface area (Å²) in [5.74, 6) is 2.67. The predicted molar refractivity (Wildman–Crippen MR) is 112 cm³/mol. The van der Waals surface area contributed by atoms with Crippen molar-refractivity contribution < 1.29 is 0 Å². The van der Waals surface area contributed by atoms with Gasteiger partial charge in [0.05, 0.1) is 11.4 Å². The van der Waals surface area contributed by atoms with Gasteiger partial charge in [0.2, 0.25) is 5.95 Å². The highest BCUT2D eigenvalue weighted by atomic mass is 15.4. The van der Waals surface area contributed by atoms with E-state index in [1.54, 1.807) is 0 Å². The molecular weight excluding hydrogens is 334 g/mol. The molecule has 4 rings (SSSR count). The highest BCUT2D eigenvalue weighted by Gasteiger charge is 2.44. The molecule has 2 heterocycles. The minimum atomic E-state index is 0.483. The fraction of sp³-hybridized carbons (Fsp3) is 0.273. The summed E-state index contributed by atoms with van der Waals surface area (Å²) in [7, 11) is 0. The Kier molecular flexibility index (Phi) is 5.91. The molecule has 1 saturated carbocycles. The quantitative estimate of drug-likeness (QED) is 0.580. The van der Waals surface area contributed by atoms with Gasteiger partial charge in [0.1, 0.15) is 5.82 Å². The first-order valence-electron chi connectivity index (χ1n) is 9.51. The second kappa shape index (κ2) is 8.54. The van der Waals surface area contributed by atoms with Crippen molar-refractivity contribution in [1.29, 1.82) is 0 Å². The summed E-state index contributed by atoms with van der Waals surface area (Å²) < 4.78 is 1.97. The number of fused-ring (bicyclic) bond motifs is 3. The maximum absolute atomic E-state index is 5.70. The Hall–Kier alpha value is -3.08. The van der Waals surface area contributed by atoms with Crippen LogP contribution in [0.1, 0.15) is 44.0 Å². The smallest absolute Gasteiger partial charge is 0.247 e. The van der Waals surface area contributed by atoms with Gasteiger partial charge in [-0.25, -0.2) is 4.68 Å². The number of anilines is 1. The minimum absolute atomic E-state index is 0.483. The summed E-state index contributed by atoms with van der Waals surface area (Å²) in [5, 5.41) is 7.88. The van der Waals surface area contributed by atoms with Gasteiger partial charge in [0, 0.05) is 12.1 Å². The van der Waals surface area contributed by atoms with E-state index < -0.39 is 0 Å². The van der Waals surface area contributed by atoms with E-state index in [1.165, 1.54) is 6.20 Å². The van der Waals surface area contributed by atoms with Gasteiger partial charge in [-0.2, -0.15) is 4.98 Å². The van der Waals surface area contributed by atoms with Crippen LogP contribution in [0.4, 0.5) is 5.95 Å². The van der Waals surface area contributed by atoms with E-state index in [2.05, 4.69) is 35.2 Å². The lowest BCUT2D eigenvalue weighted by Gasteiger charge is -2.14. The van der Waals surface area contributed by atoms with E-state index in [0.29, 0.717) is 17.8 Å². The minimum Gasteiger partial charge on any atom is -0.403 e. The first kappa shape index (κ1) is 18.7. The second-order valence-electron chi connectivity index (χ2n) is 6.30. The van der Waals surface area contributed by atoms with Crippen LogP contribution in [-0.2, 0) is 0 Å². The molecule has 140 valence electrons. The molecule has 0 spiro atoms. The van der Waals surface area contributed by atoms with Crippen LogP contribution < -0.4 is 11.1 Å². The average Bonchev–Trinajstić information content (AvgIpc) is 3.39. The molecule has 27 heavy (non-hydrogen) atoms. The van der Waals surface area contributed by atoms with E-state index in [9.17, 15) is 0 Å². The molecule has 2 unspecified atom stereocenters. The number of nitrogens with one attached hydrogen (secondary N) is 1. The van der Waals surface area contributed by atoms with Crippen LogP contribution >= 0.6 is 0 Å². The lowest BCUT2D eigenvalue weighted by atomic mass is 10.1. The van der Waals surface area contributed by atoms with Crippen LogP contribution in [0.5, 0.6) is 0 Å². The number of nitrogens with two attached hydrogens (primary N) is 1. The Balaban J connectivity index is 0.00000102. The first-order chi connectivity index (χ1) is 13.3. The van der Waals surface area contributed by atoms with Crippen molar-refractivity contribution in [2.24, 2.45) is 11.7 Å². The highest BCUT2D eigenvalue weighted by Crippen LogP contribution is 2.52. The number of hydrogen-bond donors (Lipinski definition) is 2. The number of rotatable bonds is 6. The zero-order chi connectivity index (χ0) is 19.2. The number of aromatic nitrogens is 3. The third-order valence-electron chi connectivity index (χ3n) is 4.51. The molecular formula is C22H27N5. The number of allylic oxidation sites excluding steroid dienone is 4. The number of nitrogens with zero attached hydrogens (tertiary/aromatic N) is 3. The topological polar surface area (TPSA) is 68.8 Å². The fourth-order valence-corrected chi connectivity index (χ4v) is 3.15. The molecule has 0 bridgehead atoms. The van der Waals surface area contributed by atoms with Gasteiger partial charge in [-0.15, -0.1) is 11.7 Å². The third kappa shape index (κ3) is 4.03. The molecule has 5 heteroatoms. The van der Waals surface area contributed by atoms with E-state index in [-0.39, 0.29) is 0 Å². The largest absolute Gasteiger partial charge is 0.403 e. The Morgan fingerprint density at radius 3 is 2.81 bits per heavy atom. The predicted octanol–water partition coefficient (Wildman–Crippen LogP) is 4.65. The van der Waals surface area contributed by atoms with Gasteiger partial charge in [-0.3, -0.25) is 0 Å². The van der Waals surface area contributed by atoms with Crippen molar-refractivity contribution in [3.8, 4) is 0 Å². The van der Waals surface area contributed by atoms with E-state index in [4.69, 9.17) is 10.7 Å². The van der Waals surface area contributed by atoms with Crippen LogP contribution in [0, 0.1) is 5.92 Å². The van der Waals surface area contributed by atoms with Crippen LogP contribution in [0.25, 0.3) is 5.70 Å². The molecule has 1 aliphatic carbocycles. The fourth-order valence-electron chi connectivity index (χ4n) is 3.15. The molecule has 2 aromatic rings. The normalized spacial score (nSPS) is 20.1. The molecule has 2 aliphatic rings. The Bertz CT molecular complexity index is 873. The summed E-state index contributed by atoms with van der Waals surface area (Å²) in [4.78, 5) is 4.71. The summed E-state index contributed by atoms with van der Waals surface area (Å²) in [6.07, 6.45) is 11.5. The molecule has 0 radical (unpaired) electrons. The molecule has 5 nitrogen and oxygen atoms in total. The van der Waals surface area contributed by atoms with Crippen molar-refractivity contribution in [2.75, 3.05) is 5.32 Å². The highest BCUT2D eigenvalue weighted by molar-refractivity contribution is 5.69. The zero-order valence-corrected chi connectivity index (χ0v) is 16.0. The second-order valence-corrected chi connectivity index (χ2v) is 6.30. The third-order valence-corrected chi connectivity index (χ3v) is 4.51. The number of hydrogen-bond acceptors (Lipinski definition) is 4. The van der Waals surface area contributed by atoms with Crippen molar-refractivity contribution in [2.45, 2.75) is 32.6 Å². The SMILES string of the molecule is C=CC/C=C\C(=C/N)Nc1nc2n(n1)C(c1ccccc1)=CC1CC21.CC. The molecule has 2 atom stereocenters. The van der Waals surface area contributed by atoms with Crippen LogP contribution in [0.3, 0.4) is 0 Å². The molecule has 3 N–H and O–H groups in total. The Morgan fingerprint density at radius 1 is 1.33 bits per heavy atom. The molecule has 0 amide bonds. The van der Waals surface area contributed by atoms with Gasteiger partial charge in [-0.05, 0) is 30.4 Å². The van der Waals surface area contributed by atoms with Gasteiger partial charge >= 0.3 is 0 Å². The van der Waals surface area contributed by atoms with Crippen LogP contribution in [-0.4, -0.2) is 14.8 Å². The monoisotopic (exact) mass is 361 g/mol. The van der Waals surface area contributed by atoms with Gasteiger partial charge in [0.15, 0.2) is 0 Å². The molecule has 0 saturated heterocycles. The molecule has 1 aromatic carbocycles. The van der Waals surface area contributed by atoms with Crippen LogP contribution in [0.15, 0.2) is 73.1 Å². The van der Waals surface area contributed by atoms with Crippen molar-refractivity contribution in [3.05, 3.63) is 84.5 Å². The van der Waals surface area contributed by atoms with Gasteiger partial charge in [0.25, 0.3) is 0 Å². The van der Waals surface area contributed by atoms with Crippen molar-refractivity contribution >= 4 is 11.6 Å². The van der Waals surface area contributed by atoms with E-state index in [0.717, 1.165) is 35.6 Å². The first-order valence-corrected chi connectivity index (χ1v) is 9.51. The Morgan fingerprint density at radius 2 is 2.11 bits per heavy atom. The van der Waals surface area contributed by atoms with E-state index in [1.807, 2.05) is 55.0 Å². The van der Waals surface area contributed by atoms with E-state index >= 15 is 0 Å². The summed E-state index contributed by atoms with van der Waals surface area (Å²) in [5.41, 5.74) is 8.73. The average molecular weight is 361 g/mol. The molecule has 1 fully saturated rings. The standard InChI is InChI=1S/C20H21N5.C2H6/c1-2-3-5-10-16(13-21)22-20-23-19-17-11-15(17)12-18(25(19)24-20)14-8-6-4-7-9-14;1-2/h2,4-10,12-13,15,17H,1,3,11,21H2,(H,22,24);1-2H3/b10-5-,16-13+;. The Labute approximate surface area is 161 Å². The molecule has 1 aromatic heterocycles. The number of benzene rings is 1. The van der Waals surface area contributed by atoms with Crippen molar-refractivity contribution in [3.63, 3.8) is 0 Å². The maximum Gasteiger partial charge on any atom is 0.247 e. The summed E-state index contributed by atoms with van der Waals surface area (Å²) in [6, 6.07) is 10.3. The molecule has 1 aliphatic heterocycles. The van der Waals surface area contributed by atoms with Crippen LogP contribution in [0.2, 0.25) is 0 Å². The summed E-state index contributed by atoms with van der Waals surface area (Å²) >= 11 is 0. The van der Waals surface area contributed by atoms with Crippen molar-refractivity contribution in [1.82, 2.24) is 14.8 Å². The lowest BCUT2D eigenvalue weighted by Crippen LogP contribution is -2.10. The van der Waals surface area contributed by atoms with Gasteiger partial charge < -0.3 is 11.1 Å². The summed E-state index contributed by atoms with van der Waals surface area (Å²) in [6.45, 7) is 7.70.